The molecule has 0 spiro atoms. The van der Waals surface area contributed by atoms with Crippen LogP contribution in [0.1, 0.15) is 30.9 Å². The molecule has 7 nitrogen and oxygen atoms in total. The van der Waals surface area contributed by atoms with Crippen molar-refractivity contribution in [1.29, 1.82) is 0 Å². The highest BCUT2D eigenvalue weighted by Crippen LogP contribution is 2.25. The highest BCUT2D eigenvalue weighted by atomic mass is 16.4. The second-order valence-electron chi connectivity index (χ2n) is 5.40. The first-order valence-electron chi connectivity index (χ1n) is 7.66. The summed E-state index contributed by atoms with van der Waals surface area (Å²) >= 11 is 0. The summed E-state index contributed by atoms with van der Waals surface area (Å²) in [4.78, 5) is 36.4. The van der Waals surface area contributed by atoms with Crippen molar-refractivity contribution in [2.75, 3.05) is 19.6 Å². The highest BCUT2D eigenvalue weighted by molar-refractivity contribution is 5.80. The number of aliphatic carboxylic acids is 1. The molecule has 1 heterocycles. The molecule has 1 fully saturated rings. The largest absolute Gasteiger partial charge is 0.481 e. The van der Waals surface area contributed by atoms with Crippen molar-refractivity contribution < 1.29 is 19.5 Å². The molecular weight excluding hydrogens is 298 g/mol. The molecule has 124 valence electrons. The Morgan fingerprint density at radius 1 is 1.30 bits per heavy atom. The first-order chi connectivity index (χ1) is 11.1. The van der Waals surface area contributed by atoms with Gasteiger partial charge in [0.25, 0.3) is 0 Å². The Labute approximate surface area is 134 Å². The number of carbonyl (C=O) groups excluding carboxylic acids is 2. The molecule has 23 heavy (non-hydrogen) atoms. The Bertz CT molecular complexity index is 562. The van der Waals surface area contributed by atoms with Crippen molar-refractivity contribution in [1.82, 2.24) is 15.5 Å². The van der Waals surface area contributed by atoms with Crippen LogP contribution in [-0.4, -0.2) is 47.5 Å². The maximum Gasteiger partial charge on any atom is 0.317 e. The van der Waals surface area contributed by atoms with Crippen molar-refractivity contribution in [2.24, 2.45) is 0 Å². The second-order valence-corrected chi connectivity index (χ2v) is 5.40. The molecule has 1 aliphatic rings. The zero-order valence-electron chi connectivity index (χ0n) is 12.8. The molecule has 2 rings (SSSR count). The summed E-state index contributed by atoms with van der Waals surface area (Å²) in [5.41, 5.74) is 0.908. The lowest BCUT2D eigenvalue weighted by Crippen LogP contribution is -2.43. The zero-order valence-corrected chi connectivity index (χ0v) is 12.8. The van der Waals surface area contributed by atoms with Crippen molar-refractivity contribution >= 4 is 17.9 Å². The van der Waals surface area contributed by atoms with Gasteiger partial charge in [0.05, 0.1) is 12.5 Å². The molecular formula is C16H21N3O4. The van der Waals surface area contributed by atoms with Gasteiger partial charge in [-0.15, -0.1) is 0 Å². The van der Waals surface area contributed by atoms with E-state index in [-0.39, 0.29) is 30.8 Å². The van der Waals surface area contributed by atoms with Crippen LogP contribution >= 0.6 is 0 Å². The molecule has 1 aromatic rings. The van der Waals surface area contributed by atoms with E-state index in [1.807, 2.05) is 30.3 Å². The summed E-state index contributed by atoms with van der Waals surface area (Å²) in [6.45, 7) is 1.12. The quantitative estimate of drug-likeness (QED) is 0.708. The zero-order chi connectivity index (χ0) is 16.7. The van der Waals surface area contributed by atoms with E-state index in [4.69, 9.17) is 5.11 Å². The Morgan fingerprint density at radius 2 is 2.04 bits per heavy atom. The summed E-state index contributed by atoms with van der Waals surface area (Å²) in [5.74, 6) is -0.967. The average Bonchev–Trinajstić information content (AvgIpc) is 2.73. The number of benzene rings is 1. The van der Waals surface area contributed by atoms with Crippen LogP contribution in [0.25, 0.3) is 0 Å². The Balaban J connectivity index is 2.04. The molecule has 0 radical (unpaired) electrons. The number of carbonyl (C=O) groups is 3. The maximum atomic E-state index is 12.4. The first-order valence-corrected chi connectivity index (χ1v) is 7.66. The van der Waals surface area contributed by atoms with E-state index in [9.17, 15) is 14.4 Å². The van der Waals surface area contributed by atoms with Gasteiger partial charge in [0.2, 0.25) is 5.91 Å². The number of hydrogen-bond donors (Lipinski definition) is 3. The summed E-state index contributed by atoms with van der Waals surface area (Å²) in [7, 11) is 0. The molecule has 0 saturated carbocycles. The Kier molecular flexibility index (Phi) is 5.96. The van der Waals surface area contributed by atoms with Gasteiger partial charge in [0, 0.05) is 26.1 Å². The third-order valence-electron chi connectivity index (χ3n) is 3.72. The van der Waals surface area contributed by atoms with Gasteiger partial charge in [-0.25, -0.2) is 4.79 Å². The third kappa shape index (κ3) is 4.98. The SMILES string of the molecule is O=C(O)CCCNC(=O)N1CCNC(=O)CC1c1ccccc1. The predicted molar refractivity (Wildman–Crippen MR) is 83.8 cm³/mol. The number of urea groups is 1. The van der Waals surface area contributed by atoms with Crippen LogP contribution in [0.5, 0.6) is 0 Å². The fraction of sp³-hybridized carbons (Fsp3) is 0.438. The van der Waals surface area contributed by atoms with Gasteiger partial charge in [0.1, 0.15) is 0 Å². The Morgan fingerprint density at radius 3 is 2.74 bits per heavy atom. The summed E-state index contributed by atoms with van der Waals surface area (Å²) in [6.07, 6.45) is 0.608. The number of hydrogen-bond acceptors (Lipinski definition) is 3. The molecule has 3 N–H and O–H groups in total. The van der Waals surface area contributed by atoms with E-state index in [0.29, 0.717) is 26.1 Å². The van der Waals surface area contributed by atoms with Crippen LogP contribution in [-0.2, 0) is 9.59 Å². The van der Waals surface area contributed by atoms with Gasteiger partial charge < -0.3 is 20.6 Å². The topological polar surface area (TPSA) is 98.7 Å². The first kappa shape index (κ1) is 16.8. The number of amides is 3. The molecule has 0 aromatic heterocycles. The minimum Gasteiger partial charge on any atom is -0.481 e. The summed E-state index contributed by atoms with van der Waals surface area (Å²) in [6, 6.07) is 8.83. The van der Waals surface area contributed by atoms with E-state index in [1.165, 1.54) is 0 Å². The van der Waals surface area contributed by atoms with Gasteiger partial charge in [-0.1, -0.05) is 30.3 Å². The monoisotopic (exact) mass is 319 g/mol. The van der Waals surface area contributed by atoms with Crippen LogP contribution in [0.15, 0.2) is 30.3 Å². The number of nitrogens with one attached hydrogen (secondary N) is 2. The van der Waals surface area contributed by atoms with E-state index in [1.54, 1.807) is 4.90 Å². The smallest absolute Gasteiger partial charge is 0.317 e. The standard InChI is InChI=1S/C16H21N3O4/c20-14-11-13(12-5-2-1-3-6-12)19(10-9-17-14)16(23)18-8-4-7-15(21)22/h1-3,5-6,13H,4,7-11H2,(H,17,20)(H,18,23)(H,21,22). The molecule has 1 aliphatic heterocycles. The van der Waals surface area contributed by atoms with Crippen LogP contribution in [0.4, 0.5) is 4.79 Å². The van der Waals surface area contributed by atoms with Gasteiger partial charge in [-0.3, -0.25) is 9.59 Å². The van der Waals surface area contributed by atoms with Crippen molar-refractivity contribution in [3.05, 3.63) is 35.9 Å². The van der Waals surface area contributed by atoms with Crippen molar-refractivity contribution in [2.45, 2.75) is 25.3 Å². The lowest BCUT2D eigenvalue weighted by Gasteiger charge is -2.29. The summed E-state index contributed by atoms with van der Waals surface area (Å²) in [5, 5.41) is 14.1. The number of carboxylic acid groups (broad SMARTS) is 1. The minimum atomic E-state index is -0.883. The van der Waals surface area contributed by atoms with Crippen LogP contribution in [0.2, 0.25) is 0 Å². The lowest BCUT2D eigenvalue weighted by atomic mass is 10.0. The fourth-order valence-electron chi connectivity index (χ4n) is 2.58. The Hall–Kier alpha value is -2.57. The molecule has 0 aliphatic carbocycles. The molecule has 1 saturated heterocycles. The van der Waals surface area contributed by atoms with E-state index < -0.39 is 5.97 Å². The maximum absolute atomic E-state index is 12.4. The van der Waals surface area contributed by atoms with Gasteiger partial charge >= 0.3 is 12.0 Å². The van der Waals surface area contributed by atoms with E-state index in [0.717, 1.165) is 5.56 Å². The summed E-state index contributed by atoms with van der Waals surface area (Å²) < 4.78 is 0. The fourth-order valence-corrected chi connectivity index (χ4v) is 2.58. The minimum absolute atomic E-state index is 0.0163. The van der Waals surface area contributed by atoms with Crippen molar-refractivity contribution in [3.8, 4) is 0 Å². The number of rotatable bonds is 5. The average molecular weight is 319 g/mol. The van der Waals surface area contributed by atoms with E-state index in [2.05, 4.69) is 10.6 Å². The molecule has 0 bridgehead atoms. The van der Waals surface area contributed by atoms with Crippen LogP contribution < -0.4 is 10.6 Å². The number of carboxylic acids is 1. The van der Waals surface area contributed by atoms with Crippen molar-refractivity contribution in [3.63, 3.8) is 0 Å². The van der Waals surface area contributed by atoms with Gasteiger partial charge in [0.15, 0.2) is 0 Å². The normalized spacial score (nSPS) is 18.0. The van der Waals surface area contributed by atoms with Gasteiger partial charge in [-0.2, -0.15) is 0 Å². The molecule has 1 atom stereocenters. The molecule has 1 aromatic carbocycles. The highest BCUT2D eigenvalue weighted by Gasteiger charge is 2.29. The lowest BCUT2D eigenvalue weighted by molar-refractivity contribution is -0.137. The second kappa shape index (κ2) is 8.17. The molecule has 1 unspecified atom stereocenters. The molecule has 7 heteroatoms. The molecule has 3 amide bonds. The van der Waals surface area contributed by atoms with E-state index >= 15 is 0 Å². The third-order valence-corrected chi connectivity index (χ3v) is 3.72. The number of nitrogens with zero attached hydrogens (tertiary/aromatic N) is 1. The van der Waals surface area contributed by atoms with Crippen LogP contribution in [0.3, 0.4) is 0 Å². The predicted octanol–water partition coefficient (Wildman–Crippen LogP) is 1.12. The van der Waals surface area contributed by atoms with Gasteiger partial charge in [-0.05, 0) is 12.0 Å². The van der Waals surface area contributed by atoms with Crippen LogP contribution in [0, 0.1) is 0 Å².